The molecule has 3 nitrogen and oxygen atoms in total. The number of hydrogen-bond acceptors (Lipinski definition) is 3. The van der Waals surface area contributed by atoms with Crippen LogP contribution in [0.15, 0.2) is 0 Å². The molecule has 0 bridgehead atoms. The Balaban J connectivity index is 2.18. The fraction of sp³-hybridized carbons (Fsp3) is 1.00. The fourth-order valence-corrected chi connectivity index (χ4v) is 2.21. The number of rotatable bonds is 6. The minimum absolute atomic E-state index is 0.372. The van der Waals surface area contributed by atoms with E-state index in [-0.39, 0.29) is 0 Å². The lowest BCUT2D eigenvalue weighted by atomic mass is 10.0. The molecule has 1 aliphatic carbocycles. The Morgan fingerprint density at radius 2 is 1.76 bits per heavy atom. The van der Waals surface area contributed by atoms with E-state index in [1.165, 1.54) is 38.5 Å². The molecule has 0 amide bonds. The van der Waals surface area contributed by atoms with Crippen LogP contribution < -0.4 is 0 Å². The molecule has 0 radical (unpaired) electrons. The first kappa shape index (κ1) is 14.9. The van der Waals surface area contributed by atoms with Gasteiger partial charge in [-0.1, -0.05) is 25.7 Å². The van der Waals surface area contributed by atoms with Crippen molar-refractivity contribution in [2.45, 2.75) is 64.1 Å². The molecule has 1 aliphatic rings. The predicted octanol–water partition coefficient (Wildman–Crippen LogP) is 2.76. The van der Waals surface area contributed by atoms with Crippen LogP contribution in [0.25, 0.3) is 0 Å². The molecule has 1 N–H and O–H groups in total. The lowest BCUT2D eigenvalue weighted by Crippen LogP contribution is -2.41. The highest BCUT2D eigenvalue weighted by Gasteiger charge is 2.27. The van der Waals surface area contributed by atoms with Crippen molar-refractivity contribution >= 4 is 0 Å². The van der Waals surface area contributed by atoms with E-state index in [0.717, 1.165) is 6.61 Å². The molecule has 0 aromatic rings. The summed E-state index contributed by atoms with van der Waals surface area (Å²) in [4.78, 5) is 0. The summed E-state index contributed by atoms with van der Waals surface area (Å²) in [5.41, 5.74) is -0.524. The van der Waals surface area contributed by atoms with Crippen molar-refractivity contribution in [3.8, 4) is 0 Å². The van der Waals surface area contributed by atoms with E-state index in [4.69, 9.17) is 9.47 Å². The van der Waals surface area contributed by atoms with Crippen molar-refractivity contribution in [2.75, 3.05) is 20.3 Å². The first-order chi connectivity index (χ1) is 8.06. The molecular weight excluding hydrogens is 216 g/mol. The van der Waals surface area contributed by atoms with Gasteiger partial charge < -0.3 is 14.6 Å². The first-order valence-electron chi connectivity index (χ1n) is 6.87. The van der Waals surface area contributed by atoms with E-state index in [1.807, 2.05) is 13.8 Å². The predicted molar refractivity (Wildman–Crippen MR) is 69.1 cm³/mol. The Kier molecular flexibility index (Phi) is 6.45. The molecule has 0 aromatic carbocycles. The van der Waals surface area contributed by atoms with Crippen molar-refractivity contribution < 1.29 is 14.6 Å². The summed E-state index contributed by atoms with van der Waals surface area (Å²) in [5.74, 6) is 0.690. The monoisotopic (exact) mass is 244 g/mol. The summed E-state index contributed by atoms with van der Waals surface area (Å²) in [6.45, 7) is 4.92. The third kappa shape index (κ3) is 5.36. The largest absolute Gasteiger partial charge is 0.388 e. The highest BCUT2D eigenvalue weighted by Crippen LogP contribution is 2.23. The number of aliphatic hydroxyl groups is 1. The molecular formula is C14H28O3. The zero-order valence-electron chi connectivity index (χ0n) is 11.6. The molecule has 0 aliphatic heterocycles. The third-order valence-corrected chi connectivity index (χ3v) is 3.93. The van der Waals surface area contributed by atoms with Crippen molar-refractivity contribution in [3.63, 3.8) is 0 Å². The summed E-state index contributed by atoms with van der Waals surface area (Å²) in [7, 11) is 1.62. The van der Waals surface area contributed by atoms with Gasteiger partial charge in [0.25, 0.3) is 0 Å². The Hall–Kier alpha value is -0.120. The summed E-state index contributed by atoms with van der Waals surface area (Å²) >= 11 is 0. The number of methoxy groups -OCH3 is 1. The minimum Gasteiger partial charge on any atom is -0.388 e. The first-order valence-corrected chi connectivity index (χ1v) is 6.87. The third-order valence-electron chi connectivity index (χ3n) is 3.93. The normalized spacial score (nSPS) is 21.2. The lowest BCUT2D eigenvalue weighted by molar-refractivity contribution is -0.109. The van der Waals surface area contributed by atoms with E-state index in [0.29, 0.717) is 12.5 Å². The van der Waals surface area contributed by atoms with Gasteiger partial charge in [-0.05, 0) is 32.6 Å². The lowest BCUT2D eigenvalue weighted by Gasteiger charge is -2.29. The van der Waals surface area contributed by atoms with Crippen LogP contribution in [0, 0.1) is 5.92 Å². The Bertz CT molecular complexity index is 196. The number of hydrogen-bond donors (Lipinski definition) is 1. The van der Waals surface area contributed by atoms with Crippen LogP contribution in [-0.4, -0.2) is 37.1 Å². The van der Waals surface area contributed by atoms with Gasteiger partial charge in [0, 0.05) is 13.7 Å². The van der Waals surface area contributed by atoms with Gasteiger partial charge in [-0.15, -0.1) is 0 Å². The SMILES string of the molecule is COC(C)(C)C(O)COCC1CCCCCC1. The van der Waals surface area contributed by atoms with Crippen LogP contribution in [0.5, 0.6) is 0 Å². The molecule has 1 saturated carbocycles. The maximum atomic E-state index is 9.91. The van der Waals surface area contributed by atoms with Gasteiger partial charge in [0.1, 0.15) is 6.10 Å². The summed E-state index contributed by atoms with van der Waals surface area (Å²) in [6.07, 6.45) is 7.41. The molecule has 1 fully saturated rings. The van der Waals surface area contributed by atoms with E-state index >= 15 is 0 Å². The smallest absolute Gasteiger partial charge is 0.106 e. The molecule has 17 heavy (non-hydrogen) atoms. The van der Waals surface area contributed by atoms with Gasteiger partial charge in [-0.3, -0.25) is 0 Å². The Labute approximate surface area is 105 Å². The highest BCUT2D eigenvalue weighted by molar-refractivity contribution is 4.78. The van der Waals surface area contributed by atoms with Crippen LogP contribution in [0.1, 0.15) is 52.4 Å². The minimum atomic E-state index is -0.557. The van der Waals surface area contributed by atoms with Crippen molar-refractivity contribution in [1.82, 2.24) is 0 Å². The van der Waals surface area contributed by atoms with Crippen LogP contribution in [0.3, 0.4) is 0 Å². The second kappa shape index (κ2) is 7.34. The van der Waals surface area contributed by atoms with Crippen molar-refractivity contribution in [3.05, 3.63) is 0 Å². The van der Waals surface area contributed by atoms with Gasteiger partial charge in [0.15, 0.2) is 0 Å². The number of ether oxygens (including phenoxy) is 2. The van der Waals surface area contributed by atoms with Crippen molar-refractivity contribution in [1.29, 1.82) is 0 Å². The van der Waals surface area contributed by atoms with Crippen LogP contribution in [-0.2, 0) is 9.47 Å². The average Bonchev–Trinajstić information content (AvgIpc) is 2.57. The van der Waals surface area contributed by atoms with Gasteiger partial charge in [0.2, 0.25) is 0 Å². The molecule has 0 saturated heterocycles. The molecule has 0 spiro atoms. The molecule has 1 atom stereocenters. The van der Waals surface area contributed by atoms with E-state index in [1.54, 1.807) is 7.11 Å². The topological polar surface area (TPSA) is 38.7 Å². The zero-order valence-corrected chi connectivity index (χ0v) is 11.6. The molecule has 1 rings (SSSR count). The quantitative estimate of drug-likeness (QED) is 0.730. The molecule has 0 heterocycles. The summed E-state index contributed by atoms with van der Waals surface area (Å²) in [5, 5.41) is 9.91. The van der Waals surface area contributed by atoms with Crippen LogP contribution in [0.2, 0.25) is 0 Å². The summed E-state index contributed by atoms with van der Waals surface area (Å²) in [6, 6.07) is 0. The van der Waals surface area contributed by atoms with Gasteiger partial charge in [-0.25, -0.2) is 0 Å². The molecule has 0 aromatic heterocycles. The molecule has 3 heteroatoms. The maximum absolute atomic E-state index is 9.91. The second-order valence-corrected chi connectivity index (χ2v) is 5.72. The summed E-state index contributed by atoms with van der Waals surface area (Å²) < 4.78 is 10.9. The van der Waals surface area contributed by atoms with Gasteiger partial charge in [0.05, 0.1) is 12.2 Å². The van der Waals surface area contributed by atoms with E-state index in [2.05, 4.69) is 0 Å². The zero-order chi connectivity index (χ0) is 12.7. The average molecular weight is 244 g/mol. The fourth-order valence-electron chi connectivity index (χ4n) is 2.21. The van der Waals surface area contributed by atoms with Gasteiger partial charge >= 0.3 is 0 Å². The van der Waals surface area contributed by atoms with Gasteiger partial charge in [-0.2, -0.15) is 0 Å². The standard InChI is InChI=1S/C14H28O3/c1-14(2,16-3)13(15)11-17-10-12-8-6-4-5-7-9-12/h12-13,15H,4-11H2,1-3H3. The second-order valence-electron chi connectivity index (χ2n) is 5.72. The molecule has 102 valence electrons. The van der Waals surface area contributed by atoms with E-state index in [9.17, 15) is 5.11 Å². The van der Waals surface area contributed by atoms with E-state index < -0.39 is 11.7 Å². The van der Waals surface area contributed by atoms with Crippen molar-refractivity contribution in [2.24, 2.45) is 5.92 Å². The highest BCUT2D eigenvalue weighted by atomic mass is 16.5. The van der Waals surface area contributed by atoms with Crippen LogP contribution in [0.4, 0.5) is 0 Å². The Morgan fingerprint density at radius 3 is 2.29 bits per heavy atom. The number of aliphatic hydroxyl groups excluding tert-OH is 1. The van der Waals surface area contributed by atoms with Crippen LogP contribution >= 0.6 is 0 Å². The Morgan fingerprint density at radius 1 is 1.18 bits per heavy atom. The maximum Gasteiger partial charge on any atom is 0.106 e. The molecule has 1 unspecified atom stereocenters.